The Balaban J connectivity index is 2.47. The number of benzene rings is 1. The second-order valence-corrected chi connectivity index (χ2v) is 5.61. The summed E-state index contributed by atoms with van der Waals surface area (Å²) in [6, 6.07) is 5.69. The van der Waals surface area contributed by atoms with Gasteiger partial charge in [-0.05, 0) is 46.1 Å². The van der Waals surface area contributed by atoms with Crippen LogP contribution in [-0.2, 0) is 4.74 Å². The predicted molar refractivity (Wildman–Crippen MR) is 95.9 cm³/mol. The highest BCUT2D eigenvalue weighted by Crippen LogP contribution is 2.29. The van der Waals surface area contributed by atoms with Gasteiger partial charge < -0.3 is 19.7 Å². The first-order chi connectivity index (χ1) is 11.6. The van der Waals surface area contributed by atoms with E-state index in [1.165, 1.54) is 0 Å². The number of anilines is 1. The molecule has 0 saturated carbocycles. The second-order valence-electron chi connectivity index (χ2n) is 5.61. The fraction of sp³-hybridized carbons (Fsp3) is 0.444. The maximum Gasteiger partial charge on any atom is 0.341 e. The molecule has 1 heterocycles. The minimum atomic E-state index is -0.374. The van der Waals surface area contributed by atoms with Gasteiger partial charge in [0.2, 0.25) is 0 Å². The van der Waals surface area contributed by atoms with Gasteiger partial charge in [0.15, 0.2) is 0 Å². The lowest BCUT2D eigenvalue weighted by atomic mass is 10.1. The molecule has 6 heteroatoms. The standard InChI is InChI=1S/C18H25N3O3/c1-5-23-13-7-8-16-14(11-13)17(19-9-10-21(3)4)15(12-20-16)18(22)24-6-2/h7-8,11-12H,5-6,9-10H2,1-4H3,(H,19,20). The number of likely N-dealkylation sites (N-methyl/N-ethyl adjacent to an activating group) is 1. The van der Waals surface area contributed by atoms with Crippen molar-refractivity contribution in [2.75, 3.05) is 45.7 Å². The molecule has 130 valence electrons. The van der Waals surface area contributed by atoms with Crippen LogP contribution in [0.3, 0.4) is 0 Å². The first-order valence-electron chi connectivity index (χ1n) is 8.18. The van der Waals surface area contributed by atoms with Gasteiger partial charge in [-0.1, -0.05) is 0 Å². The Hall–Kier alpha value is -2.34. The molecule has 0 unspecified atom stereocenters. The molecule has 0 aliphatic heterocycles. The topological polar surface area (TPSA) is 63.7 Å². The zero-order valence-corrected chi connectivity index (χ0v) is 14.8. The molecule has 0 saturated heterocycles. The maximum absolute atomic E-state index is 12.3. The summed E-state index contributed by atoms with van der Waals surface area (Å²) in [6.07, 6.45) is 1.57. The molecule has 1 aromatic carbocycles. The Labute approximate surface area is 142 Å². The molecular weight excluding hydrogens is 306 g/mol. The third kappa shape index (κ3) is 4.35. The first kappa shape index (κ1) is 18.0. The summed E-state index contributed by atoms with van der Waals surface area (Å²) >= 11 is 0. The lowest BCUT2D eigenvalue weighted by Gasteiger charge is -2.16. The van der Waals surface area contributed by atoms with Gasteiger partial charge in [0, 0.05) is 24.7 Å². The third-order valence-electron chi connectivity index (χ3n) is 3.51. The van der Waals surface area contributed by atoms with Crippen molar-refractivity contribution in [2.24, 2.45) is 0 Å². The number of esters is 1. The summed E-state index contributed by atoms with van der Waals surface area (Å²) < 4.78 is 10.7. The number of ether oxygens (including phenoxy) is 2. The molecule has 24 heavy (non-hydrogen) atoms. The fourth-order valence-corrected chi connectivity index (χ4v) is 2.39. The Kier molecular flexibility index (Phi) is 6.37. The Bertz CT molecular complexity index is 701. The van der Waals surface area contributed by atoms with Gasteiger partial charge in [0.25, 0.3) is 0 Å². The molecule has 0 fully saturated rings. The Morgan fingerprint density at radius 1 is 1.25 bits per heavy atom. The number of hydrogen-bond acceptors (Lipinski definition) is 6. The van der Waals surface area contributed by atoms with E-state index in [9.17, 15) is 4.79 Å². The maximum atomic E-state index is 12.3. The normalized spacial score (nSPS) is 10.9. The van der Waals surface area contributed by atoms with E-state index in [-0.39, 0.29) is 5.97 Å². The van der Waals surface area contributed by atoms with Crippen LogP contribution in [0.2, 0.25) is 0 Å². The highest BCUT2D eigenvalue weighted by molar-refractivity contribution is 6.05. The number of rotatable bonds is 8. The van der Waals surface area contributed by atoms with Crippen molar-refractivity contribution in [2.45, 2.75) is 13.8 Å². The van der Waals surface area contributed by atoms with Crippen molar-refractivity contribution in [1.82, 2.24) is 9.88 Å². The number of carbonyl (C=O) groups excluding carboxylic acids is 1. The Morgan fingerprint density at radius 2 is 2.04 bits per heavy atom. The van der Waals surface area contributed by atoms with Gasteiger partial charge in [0.1, 0.15) is 11.3 Å². The molecule has 0 atom stereocenters. The number of fused-ring (bicyclic) bond motifs is 1. The number of hydrogen-bond donors (Lipinski definition) is 1. The average molecular weight is 331 g/mol. The van der Waals surface area contributed by atoms with Gasteiger partial charge in [0.05, 0.1) is 24.4 Å². The van der Waals surface area contributed by atoms with Crippen molar-refractivity contribution < 1.29 is 14.3 Å². The van der Waals surface area contributed by atoms with E-state index in [4.69, 9.17) is 9.47 Å². The van der Waals surface area contributed by atoms with Crippen molar-refractivity contribution in [3.05, 3.63) is 30.0 Å². The largest absolute Gasteiger partial charge is 0.494 e. The van der Waals surface area contributed by atoms with Crippen LogP contribution in [0.15, 0.2) is 24.4 Å². The number of carbonyl (C=O) groups is 1. The summed E-state index contributed by atoms with van der Waals surface area (Å²) in [7, 11) is 4.01. The zero-order chi connectivity index (χ0) is 17.5. The molecular formula is C18H25N3O3. The number of pyridine rings is 1. The minimum absolute atomic E-state index is 0.326. The number of aromatic nitrogens is 1. The fourth-order valence-electron chi connectivity index (χ4n) is 2.39. The summed E-state index contributed by atoms with van der Waals surface area (Å²) in [5.74, 6) is 0.379. The highest BCUT2D eigenvalue weighted by atomic mass is 16.5. The molecule has 2 aromatic rings. The first-order valence-corrected chi connectivity index (χ1v) is 8.18. The molecule has 6 nitrogen and oxygen atoms in total. The van der Waals surface area contributed by atoms with Crippen molar-refractivity contribution in [3.63, 3.8) is 0 Å². The summed E-state index contributed by atoms with van der Waals surface area (Å²) in [5.41, 5.74) is 1.98. The van der Waals surface area contributed by atoms with Crippen LogP contribution >= 0.6 is 0 Å². The van der Waals surface area contributed by atoms with Crippen molar-refractivity contribution >= 4 is 22.6 Å². The number of nitrogens with zero attached hydrogens (tertiary/aromatic N) is 2. The van der Waals surface area contributed by atoms with Crippen LogP contribution in [0.4, 0.5) is 5.69 Å². The van der Waals surface area contributed by atoms with E-state index in [0.717, 1.165) is 28.9 Å². The van der Waals surface area contributed by atoms with E-state index in [0.29, 0.717) is 25.3 Å². The quantitative estimate of drug-likeness (QED) is 0.751. The average Bonchev–Trinajstić information content (AvgIpc) is 2.55. The van der Waals surface area contributed by atoms with E-state index in [1.54, 1.807) is 13.1 Å². The minimum Gasteiger partial charge on any atom is -0.494 e. The van der Waals surface area contributed by atoms with Crippen LogP contribution in [0, 0.1) is 0 Å². The molecule has 0 amide bonds. The molecule has 1 N–H and O–H groups in total. The third-order valence-corrected chi connectivity index (χ3v) is 3.51. The smallest absolute Gasteiger partial charge is 0.341 e. The van der Waals surface area contributed by atoms with Crippen LogP contribution in [0.1, 0.15) is 24.2 Å². The van der Waals surface area contributed by atoms with Gasteiger partial charge >= 0.3 is 5.97 Å². The molecule has 0 aliphatic carbocycles. The van der Waals surface area contributed by atoms with Gasteiger partial charge in [-0.3, -0.25) is 4.98 Å². The molecule has 2 rings (SSSR count). The Morgan fingerprint density at radius 3 is 2.71 bits per heavy atom. The van der Waals surface area contributed by atoms with Crippen LogP contribution in [0.25, 0.3) is 10.9 Å². The summed E-state index contributed by atoms with van der Waals surface area (Å²) in [6.45, 7) is 6.19. The van der Waals surface area contributed by atoms with E-state index in [2.05, 4.69) is 15.2 Å². The molecule has 0 aliphatic rings. The monoisotopic (exact) mass is 331 g/mol. The van der Waals surface area contributed by atoms with Gasteiger partial charge in [-0.15, -0.1) is 0 Å². The lowest BCUT2D eigenvalue weighted by molar-refractivity contribution is 0.0527. The second kappa shape index (κ2) is 8.49. The molecule has 0 bridgehead atoms. The number of nitrogens with one attached hydrogen (secondary N) is 1. The molecule has 0 radical (unpaired) electrons. The van der Waals surface area contributed by atoms with E-state index in [1.807, 2.05) is 39.2 Å². The lowest BCUT2D eigenvalue weighted by Crippen LogP contribution is -2.22. The SMILES string of the molecule is CCOC(=O)c1cnc2ccc(OCC)cc2c1NCCN(C)C. The van der Waals surface area contributed by atoms with Gasteiger partial charge in [-0.25, -0.2) is 4.79 Å². The van der Waals surface area contributed by atoms with Crippen molar-refractivity contribution in [3.8, 4) is 5.75 Å². The van der Waals surface area contributed by atoms with E-state index >= 15 is 0 Å². The van der Waals surface area contributed by atoms with Crippen molar-refractivity contribution in [1.29, 1.82) is 0 Å². The van der Waals surface area contributed by atoms with Crippen LogP contribution < -0.4 is 10.1 Å². The molecule has 1 aromatic heterocycles. The summed E-state index contributed by atoms with van der Waals surface area (Å²) in [4.78, 5) is 18.7. The van der Waals surface area contributed by atoms with Crippen LogP contribution in [-0.4, -0.2) is 56.3 Å². The highest BCUT2D eigenvalue weighted by Gasteiger charge is 2.17. The van der Waals surface area contributed by atoms with Gasteiger partial charge in [-0.2, -0.15) is 0 Å². The predicted octanol–water partition coefficient (Wildman–Crippen LogP) is 2.78. The zero-order valence-electron chi connectivity index (χ0n) is 14.8. The molecule has 0 spiro atoms. The van der Waals surface area contributed by atoms with Crippen LogP contribution in [0.5, 0.6) is 5.75 Å². The summed E-state index contributed by atoms with van der Waals surface area (Å²) in [5, 5.41) is 4.21. The van der Waals surface area contributed by atoms with E-state index < -0.39 is 0 Å².